The highest BCUT2D eigenvalue weighted by Crippen LogP contribution is 2.40. The number of nitrogens with zero attached hydrogens (tertiary/aromatic N) is 3. The van der Waals surface area contributed by atoms with Crippen LogP contribution in [-0.2, 0) is 4.79 Å². The molecular weight excluding hydrogens is 439 g/mol. The molecule has 0 bridgehead atoms. The van der Waals surface area contributed by atoms with Gasteiger partial charge in [-0.1, -0.05) is 18.2 Å². The number of alkyl halides is 3. The van der Waals surface area contributed by atoms with E-state index < -0.39 is 27.9 Å². The van der Waals surface area contributed by atoms with E-state index in [9.17, 15) is 28.1 Å². The Balaban J connectivity index is 1.57. The number of para-hydroxylation sites is 1. The van der Waals surface area contributed by atoms with Gasteiger partial charge in [-0.2, -0.15) is 13.2 Å². The number of anilines is 1. The second-order valence-electron chi connectivity index (χ2n) is 6.43. The van der Waals surface area contributed by atoms with E-state index in [0.717, 1.165) is 23.5 Å². The zero-order valence-electron chi connectivity index (χ0n) is 15.7. The molecule has 30 heavy (non-hydrogen) atoms. The largest absolute Gasteiger partial charge is 0.446 e. The maximum Gasteiger partial charge on any atom is 0.446 e. The first kappa shape index (κ1) is 22.3. The van der Waals surface area contributed by atoms with Crippen molar-refractivity contribution < 1.29 is 22.9 Å². The SMILES string of the molecule is O=C(CSc1ccc(SC(F)(F)F)cc1[N+](=O)[O-])N1CCN(c2ccccc2)CC1. The zero-order valence-corrected chi connectivity index (χ0v) is 17.3. The highest BCUT2D eigenvalue weighted by Gasteiger charge is 2.30. The Morgan fingerprint density at radius 1 is 1.07 bits per heavy atom. The molecule has 2 aromatic carbocycles. The fourth-order valence-electron chi connectivity index (χ4n) is 3.04. The maximum absolute atomic E-state index is 12.5. The third-order valence-corrected chi connectivity index (χ3v) is 6.23. The third-order valence-electron chi connectivity index (χ3n) is 4.47. The van der Waals surface area contributed by atoms with Crippen LogP contribution in [0.25, 0.3) is 0 Å². The molecule has 11 heteroatoms. The van der Waals surface area contributed by atoms with E-state index in [1.807, 2.05) is 30.3 Å². The van der Waals surface area contributed by atoms with E-state index in [0.29, 0.717) is 26.2 Å². The highest BCUT2D eigenvalue weighted by molar-refractivity contribution is 8.00. The van der Waals surface area contributed by atoms with Gasteiger partial charge in [-0.25, -0.2) is 0 Å². The molecule has 0 spiro atoms. The van der Waals surface area contributed by atoms with Crippen LogP contribution in [0.1, 0.15) is 0 Å². The Kier molecular flexibility index (Phi) is 7.14. The van der Waals surface area contributed by atoms with Crippen molar-refractivity contribution in [3.63, 3.8) is 0 Å². The van der Waals surface area contributed by atoms with E-state index >= 15 is 0 Å². The van der Waals surface area contributed by atoms with Crippen LogP contribution < -0.4 is 4.90 Å². The number of piperazine rings is 1. The first-order valence-electron chi connectivity index (χ1n) is 8.98. The van der Waals surface area contributed by atoms with Crippen LogP contribution in [0.15, 0.2) is 58.3 Å². The molecule has 6 nitrogen and oxygen atoms in total. The second-order valence-corrected chi connectivity index (χ2v) is 8.58. The zero-order chi connectivity index (χ0) is 21.7. The van der Waals surface area contributed by atoms with Gasteiger partial charge < -0.3 is 9.80 Å². The summed E-state index contributed by atoms with van der Waals surface area (Å²) in [5, 5.41) is 11.3. The van der Waals surface area contributed by atoms with Gasteiger partial charge in [-0.05, 0) is 36.0 Å². The second kappa shape index (κ2) is 9.61. The molecule has 0 aromatic heterocycles. The molecule has 1 aliphatic heterocycles. The van der Waals surface area contributed by atoms with Crippen LogP contribution in [0.5, 0.6) is 0 Å². The van der Waals surface area contributed by atoms with Crippen molar-refractivity contribution in [2.24, 2.45) is 0 Å². The van der Waals surface area contributed by atoms with E-state index in [4.69, 9.17) is 0 Å². The summed E-state index contributed by atoms with van der Waals surface area (Å²) < 4.78 is 37.5. The molecule has 1 heterocycles. The fourth-order valence-corrected chi connectivity index (χ4v) is 4.52. The minimum Gasteiger partial charge on any atom is -0.368 e. The van der Waals surface area contributed by atoms with Gasteiger partial charge in [0.25, 0.3) is 5.69 Å². The Morgan fingerprint density at radius 3 is 2.33 bits per heavy atom. The quantitative estimate of drug-likeness (QED) is 0.358. The molecule has 160 valence electrons. The number of amides is 1. The molecule has 1 aliphatic rings. The average Bonchev–Trinajstić information content (AvgIpc) is 2.72. The summed E-state index contributed by atoms with van der Waals surface area (Å²) in [5.74, 6) is -0.173. The molecule has 0 radical (unpaired) electrons. The Hall–Kier alpha value is -2.40. The molecular formula is C19H18F3N3O3S2. The molecule has 0 N–H and O–H groups in total. The monoisotopic (exact) mass is 457 g/mol. The van der Waals surface area contributed by atoms with Gasteiger partial charge in [0, 0.05) is 42.8 Å². The smallest absolute Gasteiger partial charge is 0.368 e. The minimum absolute atomic E-state index is 0.0159. The molecule has 3 rings (SSSR count). The summed E-state index contributed by atoms with van der Waals surface area (Å²) in [7, 11) is 0. The number of carbonyl (C=O) groups is 1. The van der Waals surface area contributed by atoms with Crippen molar-refractivity contribution in [3.05, 3.63) is 58.6 Å². The number of benzene rings is 2. The van der Waals surface area contributed by atoms with E-state index in [2.05, 4.69) is 4.90 Å². The maximum atomic E-state index is 12.5. The number of halogens is 3. The van der Waals surface area contributed by atoms with Crippen LogP contribution in [0.3, 0.4) is 0 Å². The standard InChI is InChI=1S/C19H18F3N3O3S2/c20-19(21,22)30-15-6-7-17(16(12-15)25(27)28)29-13-18(26)24-10-8-23(9-11-24)14-4-2-1-3-5-14/h1-7,12H,8-11,13H2. The minimum atomic E-state index is -4.53. The molecule has 1 fully saturated rings. The van der Waals surface area contributed by atoms with Crippen molar-refractivity contribution in [1.29, 1.82) is 0 Å². The number of nitro benzene ring substituents is 1. The molecule has 1 amide bonds. The van der Waals surface area contributed by atoms with Crippen molar-refractivity contribution >= 4 is 40.8 Å². The Labute approximate surface area is 179 Å². The van der Waals surface area contributed by atoms with Gasteiger partial charge in [0.05, 0.1) is 15.6 Å². The normalized spacial score (nSPS) is 14.6. The molecule has 2 aromatic rings. The van der Waals surface area contributed by atoms with E-state index in [1.165, 1.54) is 12.1 Å². The van der Waals surface area contributed by atoms with Gasteiger partial charge in [-0.3, -0.25) is 14.9 Å². The summed E-state index contributed by atoms with van der Waals surface area (Å²) in [6.07, 6.45) is 0. The summed E-state index contributed by atoms with van der Waals surface area (Å²) in [5.41, 5.74) is -3.87. The fraction of sp³-hybridized carbons (Fsp3) is 0.316. The topological polar surface area (TPSA) is 66.7 Å². The number of thioether (sulfide) groups is 2. The lowest BCUT2D eigenvalue weighted by Crippen LogP contribution is -2.49. The van der Waals surface area contributed by atoms with Crippen molar-refractivity contribution in [3.8, 4) is 0 Å². The molecule has 1 saturated heterocycles. The first-order chi connectivity index (χ1) is 14.2. The van der Waals surface area contributed by atoms with E-state index in [1.54, 1.807) is 4.90 Å². The number of rotatable bonds is 6. The van der Waals surface area contributed by atoms with Crippen molar-refractivity contribution in [1.82, 2.24) is 4.90 Å². The number of hydrogen-bond acceptors (Lipinski definition) is 6. The predicted molar refractivity (Wildman–Crippen MR) is 111 cm³/mol. The molecule has 0 atom stereocenters. The predicted octanol–water partition coefficient (Wildman–Crippen LogP) is 4.65. The van der Waals surface area contributed by atoms with Crippen molar-refractivity contribution in [2.75, 3.05) is 36.8 Å². The van der Waals surface area contributed by atoms with Crippen LogP contribution in [0.2, 0.25) is 0 Å². The highest BCUT2D eigenvalue weighted by atomic mass is 32.2. The van der Waals surface area contributed by atoms with Crippen molar-refractivity contribution in [2.45, 2.75) is 15.3 Å². The Bertz CT molecular complexity index is 905. The van der Waals surface area contributed by atoms with Gasteiger partial charge >= 0.3 is 5.51 Å². The summed E-state index contributed by atoms with van der Waals surface area (Å²) >= 11 is 0.557. The molecule has 0 saturated carbocycles. The molecule has 0 unspecified atom stereocenters. The van der Waals surface area contributed by atoms with Gasteiger partial charge in [0.15, 0.2) is 0 Å². The number of nitro groups is 1. The summed E-state index contributed by atoms with van der Waals surface area (Å²) in [4.78, 5) is 26.8. The third kappa shape index (κ3) is 6.05. The van der Waals surface area contributed by atoms with Gasteiger partial charge in [0.1, 0.15) is 0 Å². The van der Waals surface area contributed by atoms with E-state index in [-0.39, 0.29) is 21.5 Å². The summed E-state index contributed by atoms with van der Waals surface area (Å²) in [6, 6.07) is 13.2. The van der Waals surface area contributed by atoms with Gasteiger partial charge in [0.2, 0.25) is 5.91 Å². The van der Waals surface area contributed by atoms with Crippen LogP contribution >= 0.6 is 23.5 Å². The average molecular weight is 457 g/mol. The number of hydrogen-bond donors (Lipinski definition) is 0. The van der Waals surface area contributed by atoms with Crippen LogP contribution in [-0.4, -0.2) is 53.2 Å². The van der Waals surface area contributed by atoms with Crippen LogP contribution in [0.4, 0.5) is 24.5 Å². The lowest BCUT2D eigenvalue weighted by atomic mass is 10.2. The lowest BCUT2D eigenvalue weighted by Gasteiger charge is -2.36. The molecule has 0 aliphatic carbocycles. The summed E-state index contributed by atoms with van der Waals surface area (Å²) in [6.45, 7) is 2.45. The van der Waals surface area contributed by atoms with Crippen LogP contribution in [0, 0.1) is 10.1 Å². The first-order valence-corrected chi connectivity index (χ1v) is 10.8. The Morgan fingerprint density at radius 2 is 1.73 bits per heavy atom. The number of carbonyl (C=O) groups excluding carboxylic acids is 1. The lowest BCUT2D eigenvalue weighted by molar-refractivity contribution is -0.387. The van der Waals surface area contributed by atoms with Gasteiger partial charge in [-0.15, -0.1) is 11.8 Å².